The van der Waals surface area contributed by atoms with Gasteiger partial charge < -0.3 is 0 Å². The third-order valence-corrected chi connectivity index (χ3v) is 5.22. The average Bonchev–Trinajstić information content (AvgIpc) is 2.43. The second-order valence-electron chi connectivity index (χ2n) is 3.44. The third kappa shape index (κ3) is 1.37. The molecule has 17 heavy (non-hydrogen) atoms. The standard InChI is InChI=1S/C5H4F4O6S2/c6-1-5(3(8)16(10,11)14-1)2(7)15-17(12,13)4(5)9/h1-4H/t1?,2?,3-,4?,5?/m0/s1. The average molecular weight is 300 g/mol. The van der Waals surface area contributed by atoms with Crippen LogP contribution in [-0.2, 0) is 28.6 Å². The van der Waals surface area contributed by atoms with Crippen molar-refractivity contribution in [1.29, 1.82) is 0 Å². The van der Waals surface area contributed by atoms with Crippen molar-refractivity contribution in [2.45, 2.75) is 23.7 Å². The van der Waals surface area contributed by atoms with Gasteiger partial charge in [-0.3, -0.25) is 0 Å². The summed E-state index contributed by atoms with van der Waals surface area (Å²) in [5.74, 6) is 0. The molecule has 2 rings (SSSR count). The van der Waals surface area contributed by atoms with Crippen LogP contribution in [0.3, 0.4) is 0 Å². The van der Waals surface area contributed by atoms with E-state index in [-0.39, 0.29) is 0 Å². The quantitative estimate of drug-likeness (QED) is 0.458. The highest BCUT2D eigenvalue weighted by atomic mass is 32.2. The topological polar surface area (TPSA) is 86.7 Å². The smallest absolute Gasteiger partial charge is 0.230 e. The molecule has 2 heterocycles. The fraction of sp³-hybridized carbons (Fsp3) is 1.00. The van der Waals surface area contributed by atoms with Crippen LogP contribution in [0.5, 0.6) is 0 Å². The van der Waals surface area contributed by atoms with E-state index in [1.54, 1.807) is 0 Å². The van der Waals surface area contributed by atoms with Crippen molar-refractivity contribution in [3.63, 3.8) is 0 Å². The number of alkyl halides is 4. The highest BCUT2D eigenvalue weighted by molar-refractivity contribution is 7.88. The highest BCUT2D eigenvalue weighted by Gasteiger charge is 2.78. The molecular formula is C5H4F4O6S2. The van der Waals surface area contributed by atoms with E-state index in [4.69, 9.17) is 0 Å². The minimum Gasteiger partial charge on any atom is -0.230 e. The molecule has 4 unspecified atom stereocenters. The van der Waals surface area contributed by atoms with Crippen LogP contribution in [-0.4, -0.2) is 40.6 Å². The fourth-order valence-electron chi connectivity index (χ4n) is 1.62. The first kappa shape index (κ1) is 13.0. The Balaban J connectivity index is 2.65. The molecule has 2 aliphatic rings. The van der Waals surface area contributed by atoms with Crippen LogP contribution in [0.15, 0.2) is 0 Å². The molecule has 2 saturated heterocycles. The summed E-state index contributed by atoms with van der Waals surface area (Å²) >= 11 is 0. The van der Waals surface area contributed by atoms with E-state index < -0.39 is 49.4 Å². The Bertz CT molecular complexity index is 493. The van der Waals surface area contributed by atoms with E-state index in [9.17, 15) is 34.4 Å². The summed E-state index contributed by atoms with van der Waals surface area (Å²) in [5.41, 5.74) is -10.7. The zero-order valence-electron chi connectivity index (χ0n) is 7.59. The summed E-state index contributed by atoms with van der Waals surface area (Å²) in [6.07, 6.45) is -6.66. The van der Waals surface area contributed by atoms with Crippen LogP contribution in [0.4, 0.5) is 17.6 Å². The summed E-state index contributed by atoms with van der Waals surface area (Å²) < 4.78 is 103. The van der Waals surface area contributed by atoms with Crippen molar-refractivity contribution in [2.24, 2.45) is 5.41 Å². The molecule has 100 valence electrons. The molecule has 0 radical (unpaired) electrons. The fourth-order valence-corrected chi connectivity index (χ4v) is 4.37. The molecule has 0 aromatic heterocycles. The molecule has 1 spiro atoms. The first-order valence-corrected chi connectivity index (χ1v) is 6.91. The van der Waals surface area contributed by atoms with Gasteiger partial charge in [-0.1, -0.05) is 0 Å². The maximum Gasteiger partial charge on any atom is 0.303 e. The Morgan fingerprint density at radius 3 is 1.24 bits per heavy atom. The van der Waals surface area contributed by atoms with E-state index >= 15 is 0 Å². The van der Waals surface area contributed by atoms with E-state index in [0.29, 0.717) is 0 Å². The summed E-state index contributed by atoms with van der Waals surface area (Å²) in [5, 5.41) is 0. The van der Waals surface area contributed by atoms with E-state index in [1.165, 1.54) is 0 Å². The van der Waals surface area contributed by atoms with E-state index in [2.05, 4.69) is 8.37 Å². The van der Waals surface area contributed by atoms with Gasteiger partial charge in [-0.15, -0.1) is 0 Å². The molecule has 0 N–H and O–H groups in total. The number of hydrogen-bond donors (Lipinski definition) is 0. The van der Waals surface area contributed by atoms with Gasteiger partial charge in [-0.05, 0) is 0 Å². The van der Waals surface area contributed by atoms with Crippen molar-refractivity contribution in [3.8, 4) is 0 Å². The van der Waals surface area contributed by atoms with Crippen LogP contribution in [0, 0.1) is 5.41 Å². The summed E-state index contributed by atoms with van der Waals surface area (Å²) in [4.78, 5) is 0. The number of halogens is 4. The Hall–Kier alpha value is -0.460. The highest BCUT2D eigenvalue weighted by Crippen LogP contribution is 2.56. The van der Waals surface area contributed by atoms with Crippen molar-refractivity contribution >= 4 is 20.2 Å². The predicted molar refractivity (Wildman–Crippen MR) is 42.0 cm³/mol. The zero-order valence-corrected chi connectivity index (χ0v) is 9.22. The molecule has 5 atom stereocenters. The molecule has 12 heteroatoms. The Kier molecular flexibility index (Phi) is 2.52. The monoisotopic (exact) mass is 300 g/mol. The van der Waals surface area contributed by atoms with Crippen molar-refractivity contribution in [2.75, 3.05) is 0 Å². The van der Waals surface area contributed by atoms with Gasteiger partial charge >= 0.3 is 20.2 Å². The van der Waals surface area contributed by atoms with Gasteiger partial charge in [0, 0.05) is 0 Å². The maximum absolute atomic E-state index is 13.4. The molecule has 0 aliphatic carbocycles. The lowest BCUT2D eigenvalue weighted by Gasteiger charge is -2.24. The van der Waals surface area contributed by atoms with Gasteiger partial charge in [-0.2, -0.15) is 16.8 Å². The number of hydrogen-bond acceptors (Lipinski definition) is 6. The van der Waals surface area contributed by atoms with Crippen molar-refractivity contribution < 1.29 is 42.8 Å². The Labute approximate surface area is 92.7 Å². The largest absolute Gasteiger partial charge is 0.303 e. The lowest BCUT2D eigenvalue weighted by molar-refractivity contribution is -0.138. The minimum atomic E-state index is -5.25. The summed E-state index contributed by atoms with van der Waals surface area (Å²) in [7, 11) is -10.5. The van der Waals surface area contributed by atoms with Gasteiger partial charge in [0.2, 0.25) is 23.7 Å². The third-order valence-electron chi connectivity index (χ3n) is 2.52. The second-order valence-corrected chi connectivity index (χ2v) is 6.63. The SMILES string of the molecule is O=S1(=O)OC(F)C2(C(F)OS(=O)(=O)[C@@H]2F)C1F. The molecule has 2 aliphatic heterocycles. The second kappa shape index (κ2) is 3.30. The normalized spacial score (nSPS) is 52.0. The molecule has 2 fully saturated rings. The van der Waals surface area contributed by atoms with E-state index in [1.807, 2.05) is 0 Å². The van der Waals surface area contributed by atoms with Crippen LogP contribution in [0.2, 0.25) is 0 Å². The first-order chi connectivity index (χ1) is 7.57. The van der Waals surface area contributed by atoms with Gasteiger partial charge in [0.15, 0.2) is 5.41 Å². The van der Waals surface area contributed by atoms with Crippen LogP contribution < -0.4 is 0 Å². The van der Waals surface area contributed by atoms with Crippen LogP contribution in [0.1, 0.15) is 0 Å². The minimum absolute atomic E-state index is 3.33. The number of rotatable bonds is 0. The Morgan fingerprint density at radius 1 is 0.765 bits per heavy atom. The van der Waals surface area contributed by atoms with Crippen LogP contribution in [0.25, 0.3) is 0 Å². The van der Waals surface area contributed by atoms with E-state index in [0.717, 1.165) is 0 Å². The summed E-state index contributed by atoms with van der Waals surface area (Å²) in [6, 6.07) is 0. The van der Waals surface area contributed by atoms with Gasteiger partial charge in [0.05, 0.1) is 0 Å². The first-order valence-electron chi connectivity index (χ1n) is 3.97. The Morgan fingerprint density at radius 2 is 1.06 bits per heavy atom. The summed E-state index contributed by atoms with van der Waals surface area (Å²) in [6.45, 7) is 0. The van der Waals surface area contributed by atoms with Gasteiger partial charge in [0.25, 0.3) is 0 Å². The lowest BCUT2D eigenvalue weighted by atomic mass is 9.90. The lowest BCUT2D eigenvalue weighted by Crippen LogP contribution is -2.48. The maximum atomic E-state index is 13.4. The molecule has 6 nitrogen and oxygen atoms in total. The molecule has 0 aromatic carbocycles. The zero-order chi connectivity index (χ0) is 13.2. The molecule has 0 bridgehead atoms. The van der Waals surface area contributed by atoms with Crippen molar-refractivity contribution in [1.82, 2.24) is 0 Å². The van der Waals surface area contributed by atoms with Gasteiger partial charge in [-0.25, -0.2) is 25.9 Å². The molecular weight excluding hydrogens is 296 g/mol. The molecule has 0 aromatic rings. The molecule has 0 amide bonds. The van der Waals surface area contributed by atoms with Gasteiger partial charge in [0.1, 0.15) is 0 Å². The van der Waals surface area contributed by atoms with Crippen LogP contribution >= 0.6 is 0 Å². The molecule has 0 saturated carbocycles. The predicted octanol–water partition coefficient (Wildman–Crippen LogP) is -0.125. The van der Waals surface area contributed by atoms with Crippen molar-refractivity contribution in [3.05, 3.63) is 0 Å².